The molecule has 1 saturated heterocycles. The molecule has 4 aromatic rings. The summed E-state index contributed by atoms with van der Waals surface area (Å²) in [7, 11) is 0. The highest BCUT2D eigenvalue weighted by Crippen LogP contribution is 2.61. The van der Waals surface area contributed by atoms with Crippen molar-refractivity contribution in [3.05, 3.63) is 54.5 Å². The number of nitrogens with zero attached hydrogens (tertiary/aromatic N) is 6. The zero-order valence-electron chi connectivity index (χ0n) is 21.6. The van der Waals surface area contributed by atoms with Crippen molar-refractivity contribution in [3.63, 3.8) is 0 Å². The van der Waals surface area contributed by atoms with Crippen LogP contribution in [0.1, 0.15) is 50.4 Å². The average Bonchev–Trinajstić information content (AvgIpc) is 3.71. The molecule has 2 bridgehead atoms. The largest absolute Gasteiger partial charge is 0.357 e. The van der Waals surface area contributed by atoms with Crippen molar-refractivity contribution in [1.82, 2.24) is 35.0 Å². The highest BCUT2D eigenvalue weighted by Gasteiger charge is 2.58. The monoisotopic (exact) mass is 528 g/mol. The van der Waals surface area contributed by atoms with Gasteiger partial charge >= 0.3 is 0 Å². The van der Waals surface area contributed by atoms with Crippen LogP contribution >= 0.6 is 0 Å². The molecule has 10 nitrogen and oxygen atoms in total. The van der Waals surface area contributed by atoms with Gasteiger partial charge in [-0.15, -0.1) is 0 Å². The molecule has 0 aromatic carbocycles. The molecular weight excluding hydrogens is 499 g/mol. The molecule has 4 aliphatic rings. The first-order valence-corrected chi connectivity index (χ1v) is 13.4. The molecule has 2 atom stereocenters. The summed E-state index contributed by atoms with van der Waals surface area (Å²) in [5.74, 6) is 0.278. The zero-order valence-corrected chi connectivity index (χ0v) is 21.6. The highest BCUT2D eigenvalue weighted by atomic mass is 19.1. The number of rotatable bonds is 8. The minimum absolute atomic E-state index is 0.127. The van der Waals surface area contributed by atoms with E-state index in [0.29, 0.717) is 36.6 Å². The van der Waals surface area contributed by atoms with E-state index < -0.39 is 6.17 Å². The summed E-state index contributed by atoms with van der Waals surface area (Å²) >= 11 is 0. The van der Waals surface area contributed by atoms with Crippen LogP contribution < -0.4 is 10.2 Å². The summed E-state index contributed by atoms with van der Waals surface area (Å²) in [6.07, 6.45) is 9.09. The summed E-state index contributed by atoms with van der Waals surface area (Å²) in [6, 6.07) is 6.10. The van der Waals surface area contributed by atoms with Gasteiger partial charge in [-0.3, -0.25) is 19.6 Å². The Bertz CT molecular complexity index is 1570. The Kier molecular flexibility index (Phi) is 5.58. The van der Waals surface area contributed by atoms with Crippen LogP contribution in [0.3, 0.4) is 0 Å². The Balaban J connectivity index is 1.02. The second-order valence-corrected chi connectivity index (χ2v) is 11.2. The maximum absolute atomic E-state index is 14.0. The summed E-state index contributed by atoms with van der Waals surface area (Å²) in [5, 5.41) is 9.20. The third-order valence-electron chi connectivity index (χ3n) is 8.74. The van der Waals surface area contributed by atoms with Gasteiger partial charge in [0.15, 0.2) is 5.82 Å². The van der Waals surface area contributed by atoms with E-state index in [9.17, 15) is 14.0 Å². The van der Waals surface area contributed by atoms with Crippen molar-refractivity contribution in [2.45, 2.75) is 64.3 Å². The lowest BCUT2D eigenvalue weighted by atomic mass is 9.65. The van der Waals surface area contributed by atoms with Gasteiger partial charge in [0, 0.05) is 60.0 Å². The van der Waals surface area contributed by atoms with Gasteiger partial charge in [0.2, 0.25) is 11.8 Å². The first-order chi connectivity index (χ1) is 18.9. The number of hydrogen-bond acceptors (Lipinski definition) is 7. The Hall–Kier alpha value is -3.99. The zero-order chi connectivity index (χ0) is 26.7. The van der Waals surface area contributed by atoms with Gasteiger partial charge in [0.1, 0.15) is 12.5 Å². The standard InChI is InChI=1S/C28H29FN8O2/c1-16(28-7-19(8-28)23(29)9-28)31-12-20-4-17-11-32-21(6-24(17)34-20)14-36-15-33-27(35-36)18-5-22(13-30-10-18)37-25(38)2-3-26(37)39/h4-6,10-11,13,15-16,19,23,31,34H,2-3,7-9,12,14H2,1H3/t16?,19?,23-,28?/m0/s1. The maximum atomic E-state index is 14.0. The van der Waals surface area contributed by atoms with Gasteiger partial charge in [0.25, 0.3) is 0 Å². The minimum Gasteiger partial charge on any atom is -0.357 e. The molecule has 5 heterocycles. The fourth-order valence-corrected chi connectivity index (χ4v) is 6.49. The number of anilines is 1. The molecule has 0 radical (unpaired) electrons. The van der Waals surface area contributed by atoms with Crippen LogP contribution in [-0.2, 0) is 22.7 Å². The van der Waals surface area contributed by atoms with Gasteiger partial charge in [-0.2, -0.15) is 5.10 Å². The number of amides is 2. The normalized spacial score (nSPS) is 25.0. The van der Waals surface area contributed by atoms with Gasteiger partial charge in [-0.05, 0) is 55.7 Å². The van der Waals surface area contributed by atoms with Crippen LogP contribution in [0.2, 0.25) is 0 Å². The first kappa shape index (κ1) is 24.1. The summed E-state index contributed by atoms with van der Waals surface area (Å²) < 4.78 is 15.7. The molecule has 2 amide bonds. The van der Waals surface area contributed by atoms with Crippen LogP contribution in [0.15, 0.2) is 43.1 Å². The van der Waals surface area contributed by atoms with Gasteiger partial charge < -0.3 is 10.3 Å². The number of halogens is 1. The van der Waals surface area contributed by atoms with E-state index in [0.717, 1.165) is 35.1 Å². The molecule has 3 saturated carbocycles. The summed E-state index contributed by atoms with van der Waals surface area (Å²) in [4.78, 5) is 42.0. The van der Waals surface area contributed by atoms with Gasteiger partial charge in [-0.25, -0.2) is 19.0 Å². The van der Waals surface area contributed by atoms with Crippen molar-refractivity contribution in [1.29, 1.82) is 0 Å². The van der Waals surface area contributed by atoms with E-state index in [1.807, 2.05) is 12.3 Å². The number of H-pyrrole nitrogens is 1. The fourth-order valence-electron chi connectivity index (χ4n) is 6.49. The number of nitrogens with one attached hydrogen (secondary N) is 2. The molecule has 1 aliphatic heterocycles. The minimum atomic E-state index is -0.624. The van der Waals surface area contributed by atoms with Crippen molar-refractivity contribution in [2.24, 2.45) is 11.3 Å². The van der Waals surface area contributed by atoms with E-state index in [4.69, 9.17) is 0 Å². The Labute approximate surface area is 224 Å². The SMILES string of the molecule is CC(NCc1cc2cnc(Cn3cnc(-c4cncc(N5C(=O)CCC5=O)c4)n3)cc2[nH]1)C12CC(C1)[C@@H](F)C2. The molecule has 8 rings (SSSR count). The van der Waals surface area contributed by atoms with E-state index in [-0.39, 0.29) is 42.0 Å². The molecule has 0 spiro atoms. The maximum Gasteiger partial charge on any atom is 0.234 e. The number of carbonyl (C=O) groups excluding carboxylic acids is 2. The number of alkyl halides is 1. The van der Waals surface area contributed by atoms with E-state index >= 15 is 0 Å². The number of carbonyl (C=O) groups is 2. The second-order valence-electron chi connectivity index (χ2n) is 11.2. The Morgan fingerprint density at radius 1 is 1.10 bits per heavy atom. The predicted molar refractivity (Wildman–Crippen MR) is 141 cm³/mol. The van der Waals surface area contributed by atoms with Crippen LogP contribution in [0.25, 0.3) is 22.3 Å². The molecule has 4 fully saturated rings. The van der Waals surface area contributed by atoms with Crippen LogP contribution in [-0.4, -0.2) is 53.7 Å². The van der Waals surface area contributed by atoms with E-state index in [1.165, 1.54) is 11.1 Å². The third kappa shape index (κ3) is 4.21. The van der Waals surface area contributed by atoms with E-state index in [2.05, 4.69) is 43.3 Å². The lowest BCUT2D eigenvalue weighted by Gasteiger charge is -2.43. The molecule has 3 aliphatic carbocycles. The number of imide groups is 1. The summed E-state index contributed by atoms with van der Waals surface area (Å²) in [6.45, 7) is 3.31. The van der Waals surface area contributed by atoms with Crippen LogP contribution in [0.5, 0.6) is 0 Å². The molecule has 11 heteroatoms. The lowest BCUT2D eigenvalue weighted by molar-refractivity contribution is -0.121. The quantitative estimate of drug-likeness (QED) is 0.336. The van der Waals surface area contributed by atoms with Gasteiger partial charge in [0.05, 0.1) is 24.1 Å². The number of aromatic nitrogens is 6. The molecule has 200 valence electrons. The topological polar surface area (TPSA) is 122 Å². The van der Waals surface area contributed by atoms with E-state index in [1.54, 1.807) is 23.3 Å². The predicted octanol–water partition coefficient (Wildman–Crippen LogP) is 3.53. The van der Waals surface area contributed by atoms with Crippen LogP contribution in [0, 0.1) is 11.3 Å². The Morgan fingerprint density at radius 3 is 2.69 bits per heavy atom. The molecule has 39 heavy (non-hydrogen) atoms. The van der Waals surface area contributed by atoms with Gasteiger partial charge in [-0.1, -0.05) is 0 Å². The van der Waals surface area contributed by atoms with Crippen molar-refractivity contribution >= 4 is 28.4 Å². The molecule has 2 N–H and O–H groups in total. The highest BCUT2D eigenvalue weighted by molar-refractivity contribution is 6.19. The average molecular weight is 529 g/mol. The molecule has 1 unspecified atom stereocenters. The van der Waals surface area contributed by atoms with Crippen molar-refractivity contribution in [2.75, 3.05) is 4.90 Å². The first-order valence-electron chi connectivity index (χ1n) is 13.4. The third-order valence-corrected chi connectivity index (χ3v) is 8.74. The Morgan fingerprint density at radius 2 is 1.92 bits per heavy atom. The van der Waals surface area contributed by atoms with Crippen LogP contribution in [0.4, 0.5) is 10.1 Å². The second kappa shape index (κ2) is 9.04. The summed E-state index contributed by atoms with van der Waals surface area (Å²) in [5.41, 5.74) is 4.07. The lowest BCUT2D eigenvalue weighted by Crippen LogP contribution is -2.46. The molecule has 4 aromatic heterocycles. The van der Waals surface area contributed by atoms with Crippen molar-refractivity contribution < 1.29 is 14.0 Å². The number of hydrogen-bond donors (Lipinski definition) is 2. The smallest absolute Gasteiger partial charge is 0.234 e. The fraction of sp³-hybridized carbons (Fsp3) is 0.429. The number of fused-ring (bicyclic) bond motifs is 2. The number of pyridine rings is 2. The molecular formula is C28H29FN8O2. The number of aromatic amines is 1. The van der Waals surface area contributed by atoms with Crippen molar-refractivity contribution in [3.8, 4) is 11.4 Å².